The Hall–Kier alpha value is -2.95. The van der Waals surface area contributed by atoms with E-state index >= 15 is 0 Å². The van der Waals surface area contributed by atoms with Crippen LogP contribution < -0.4 is 11.2 Å². The minimum atomic E-state index is -0.706. The fraction of sp³-hybridized carbons (Fsp3) is 0.238. The highest BCUT2D eigenvalue weighted by atomic mass is 127. The first-order valence-electron chi connectivity index (χ1n) is 9.59. The molecule has 8 nitrogen and oxygen atoms in total. The summed E-state index contributed by atoms with van der Waals surface area (Å²) in [5.74, 6) is -0.441. The van der Waals surface area contributed by atoms with Gasteiger partial charge < -0.3 is 5.11 Å². The van der Waals surface area contributed by atoms with E-state index in [1.165, 1.54) is 6.21 Å². The molecule has 0 spiro atoms. The van der Waals surface area contributed by atoms with Crippen molar-refractivity contribution in [2.24, 2.45) is 5.10 Å². The SMILES string of the molecule is O=c1[nH]c(=O)n(-c2ccc(I)cc2)c(O)c1C=NN1CCCC[C@@H]1c1cccnc1. The quantitative estimate of drug-likeness (QED) is 0.410. The molecule has 1 aliphatic heterocycles. The van der Waals surface area contributed by atoms with Gasteiger partial charge in [0.25, 0.3) is 5.56 Å². The van der Waals surface area contributed by atoms with Crippen LogP contribution in [0.4, 0.5) is 0 Å². The summed E-state index contributed by atoms with van der Waals surface area (Å²) in [5, 5.41) is 17.1. The number of nitrogens with one attached hydrogen (secondary N) is 1. The van der Waals surface area contributed by atoms with Gasteiger partial charge in [-0.25, -0.2) is 9.36 Å². The number of aromatic hydroxyl groups is 1. The first kappa shape index (κ1) is 20.3. The molecule has 9 heteroatoms. The van der Waals surface area contributed by atoms with Gasteiger partial charge in [-0.15, -0.1) is 0 Å². The maximum atomic E-state index is 12.4. The molecule has 1 saturated heterocycles. The van der Waals surface area contributed by atoms with Crippen LogP contribution in [0.25, 0.3) is 5.69 Å². The number of benzene rings is 1. The molecule has 0 amide bonds. The summed E-state index contributed by atoms with van der Waals surface area (Å²) >= 11 is 2.15. The second-order valence-electron chi connectivity index (χ2n) is 7.01. The Bertz CT molecular complexity index is 1170. The van der Waals surface area contributed by atoms with Crippen LogP contribution in [0.15, 0.2) is 63.5 Å². The van der Waals surface area contributed by atoms with Crippen molar-refractivity contribution in [2.45, 2.75) is 25.3 Å². The number of halogens is 1. The molecule has 154 valence electrons. The predicted molar refractivity (Wildman–Crippen MR) is 122 cm³/mol. The van der Waals surface area contributed by atoms with E-state index in [1.807, 2.05) is 35.5 Å². The Kier molecular flexibility index (Phi) is 5.98. The van der Waals surface area contributed by atoms with E-state index in [2.05, 4.69) is 37.7 Å². The van der Waals surface area contributed by atoms with Crippen LogP contribution in [-0.2, 0) is 0 Å². The van der Waals surface area contributed by atoms with Gasteiger partial charge in [0, 0.05) is 22.5 Å². The number of aromatic amines is 1. The molecular formula is C21H20IN5O3. The smallest absolute Gasteiger partial charge is 0.335 e. The summed E-state index contributed by atoms with van der Waals surface area (Å²) in [6.07, 6.45) is 7.86. The van der Waals surface area contributed by atoms with Gasteiger partial charge in [0.1, 0.15) is 5.56 Å². The molecule has 1 aliphatic rings. The summed E-state index contributed by atoms with van der Waals surface area (Å²) in [4.78, 5) is 31.1. The molecule has 2 N–H and O–H groups in total. The van der Waals surface area contributed by atoms with Crippen LogP contribution in [-0.4, -0.2) is 37.4 Å². The number of nitrogens with zero attached hydrogens (tertiary/aromatic N) is 4. The molecule has 0 radical (unpaired) electrons. The van der Waals surface area contributed by atoms with E-state index in [9.17, 15) is 14.7 Å². The molecule has 0 aliphatic carbocycles. The van der Waals surface area contributed by atoms with Crippen molar-refractivity contribution in [3.05, 3.63) is 84.3 Å². The average Bonchev–Trinajstić information content (AvgIpc) is 2.75. The van der Waals surface area contributed by atoms with Crippen LogP contribution in [0.5, 0.6) is 5.88 Å². The van der Waals surface area contributed by atoms with E-state index in [-0.39, 0.29) is 11.6 Å². The maximum absolute atomic E-state index is 12.4. The topological polar surface area (TPSA) is 104 Å². The van der Waals surface area contributed by atoms with E-state index in [0.29, 0.717) is 5.69 Å². The van der Waals surface area contributed by atoms with Gasteiger partial charge in [0.15, 0.2) is 0 Å². The third-order valence-corrected chi connectivity index (χ3v) is 5.80. The molecular weight excluding hydrogens is 497 g/mol. The number of pyridine rings is 1. The Balaban J connectivity index is 1.71. The van der Waals surface area contributed by atoms with Gasteiger partial charge >= 0.3 is 5.69 Å². The number of H-pyrrole nitrogens is 1. The number of aromatic nitrogens is 3. The lowest BCUT2D eigenvalue weighted by molar-refractivity contribution is 0.156. The van der Waals surface area contributed by atoms with Crippen molar-refractivity contribution in [1.29, 1.82) is 0 Å². The van der Waals surface area contributed by atoms with Crippen molar-refractivity contribution in [3.8, 4) is 11.6 Å². The maximum Gasteiger partial charge on any atom is 0.335 e. The van der Waals surface area contributed by atoms with Crippen LogP contribution in [0.1, 0.15) is 36.4 Å². The lowest BCUT2D eigenvalue weighted by Gasteiger charge is -2.33. The number of rotatable bonds is 4. The first-order valence-corrected chi connectivity index (χ1v) is 10.7. The van der Waals surface area contributed by atoms with Gasteiger partial charge in [0.2, 0.25) is 5.88 Å². The molecule has 1 aromatic carbocycles. The van der Waals surface area contributed by atoms with Crippen LogP contribution in [0, 0.1) is 3.57 Å². The van der Waals surface area contributed by atoms with E-state index in [1.54, 1.807) is 18.3 Å². The highest BCUT2D eigenvalue weighted by Crippen LogP contribution is 2.30. The molecule has 1 fully saturated rings. The first-order chi connectivity index (χ1) is 14.5. The van der Waals surface area contributed by atoms with Gasteiger partial charge in [-0.3, -0.25) is 19.8 Å². The Morgan fingerprint density at radius 2 is 2.00 bits per heavy atom. The zero-order valence-corrected chi connectivity index (χ0v) is 18.2. The second kappa shape index (κ2) is 8.82. The van der Waals surface area contributed by atoms with Crippen molar-refractivity contribution >= 4 is 28.8 Å². The van der Waals surface area contributed by atoms with E-state index < -0.39 is 17.1 Å². The number of piperidine rings is 1. The van der Waals surface area contributed by atoms with Crippen molar-refractivity contribution in [3.63, 3.8) is 0 Å². The van der Waals surface area contributed by atoms with Gasteiger partial charge in [0.05, 0.1) is 17.9 Å². The normalized spacial score (nSPS) is 16.8. The largest absolute Gasteiger partial charge is 0.493 e. The highest BCUT2D eigenvalue weighted by Gasteiger charge is 2.23. The molecule has 1 atom stereocenters. The monoisotopic (exact) mass is 517 g/mol. The molecule has 3 heterocycles. The van der Waals surface area contributed by atoms with Gasteiger partial charge in [-0.05, 0) is 77.7 Å². The van der Waals surface area contributed by atoms with Gasteiger partial charge in [-0.2, -0.15) is 5.10 Å². The van der Waals surface area contributed by atoms with Crippen LogP contribution in [0.3, 0.4) is 0 Å². The van der Waals surface area contributed by atoms with Crippen molar-refractivity contribution in [1.82, 2.24) is 19.5 Å². The standard InChI is InChI=1S/C21H20IN5O3/c22-15-6-8-16(9-7-15)27-20(29)17(19(28)25-21(27)30)13-24-26-11-2-1-5-18(26)14-4-3-10-23-12-14/h3-4,6-10,12-13,18,29H,1-2,5,11H2,(H,25,28,30)/t18-/m1/s1. The summed E-state index contributed by atoms with van der Waals surface area (Å²) in [7, 11) is 0. The zero-order valence-electron chi connectivity index (χ0n) is 16.0. The molecule has 4 rings (SSSR count). The zero-order chi connectivity index (χ0) is 21.1. The predicted octanol–water partition coefficient (Wildman–Crippen LogP) is 2.79. The van der Waals surface area contributed by atoms with Gasteiger partial charge in [-0.1, -0.05) is 6.07 Å². The lowest BCUT2D eigenvalue weighted by atomic mass is 9.98. The third kappa shape index (κ3) is 4.16. The minimum Gasteiger partial charge on any atom is -0.493 e. The lowest BCUT2D eigenvalue weighted by Crippen LogP contribution is -2.32. The molecule has 0 unspecified atom stereocenters. The molecule has 2 aromatic heterocycles. The van der Waals surface area contributed by atoms with Crippen molar-refractivity contribution in [2.75, 3.05) is 6.54 Å². The fourth-order valence-corrected chi connectivity index (χ4v) is 3.94. The summed E-state index contributed by atoms with van der Waals surface area (Å²) < 4.78 is 2.05. The fourth-order valence-electron chi connectivity index (χ4n) is 3.58. The number of hydrogen-bond acceptors (Lipinski definition) is 6. The van der Waals surface area contributed by atoms with Crippen molar-refractivity contribution < 1.29 is 5.11 Å². The van der Waals surface area contributed by atoms with Crippen LogP contribution in [0.2, 0.25) is 0 Å². The average molecular weight is 517 g/mol. The minimum absolute atomic E-state index is 0.0482. The Morgan fingerprint density at radius 1 is 1.20 bits per heavy atom. The van der Waals surface area contributed by atoms with E-state index in [0.717, 1.165) is 39.5 Å². The number of hydrazone groups is 1. The molecule has 3 aromatic rings. The Labute approximate surface area is 186 Å². The summed E-state index contributed by atoms with van der Waals surface area (Å²) in [5.41, 5.74) is 0.0510. The molecule has 30 heavy (non-hydrogen) atoms. The Morgan fingerprint density at radius 3 is 2.73 bits per heavy atom. The molecule has 0 bridgehead atoms. The van der Waals surface area contributed by atoms with E-state index in [4.69, 9.17) is 0 Å². The van der Waals surface area contributed by atoms with Crippen LogP contribution >= 0.6 is 22.6 Å². The summed E-state index contributed by atoms with van der Waals surface area (Å²) in [6, 6.07) is 11.0. The second-order valence-corrected chi connectivity index (χ2v) is 8.26. The summed E-state index contributed by atoms with van der Waals surface area (Å²) in [6.45, 7) is 0.728. The highest BCUT2D eigenvalue weighted by molar-refractivity contribution is 14.1. The third-order valence-electron chi connectivity index (χ3n) is 5.08. The molecule has 0 saturated carbocycles. The number of hydrogen-bond donors (Lipinski definition) is 2.